The molecule has 0 bridgehead atoms. The summed E-state index contributed by atoms with van der Waals surface area (Å²) in [5.74, 6) is 0.207. The van der Waals surface area contributed by atoms with Crippen LogP contribution in [0.15, 0.2) is 54.6 Å². The summed E-state index contributed by atoms with van der Waals surface area (Å²) in [6.45, 7) is 3.39. The molecule has 1 heterocycles. The van der Waals surface area contributed by atoms with Crippen molar-refractivity contribution in [1.82, 2.24) is 4.90 Å². The van der Waals surface area contributed by atoms with Gasteiger partial charge >= 0.3 is 0 Å². The second kappa shape index (κ2) is 4.98. The Labute approximate surface area is 113 Å². The molecule has 2 aromatic carbocycles. The molecule has 2 nitrogen and oxygen atoms in total. The maximum atomic E-state index is 12.0. The fourth-order valence-corrected chi connectivity index (χ4v) is 2.88. The van der Waals surface area contributed by atoms with Crippen LogP contribution in [0.25, 0.3) is 0 Å². The zero-order valence-corrected chi connectivity index (χ0v) is 11.0. The van der Waals surface area contributed by atoms with Crippen molar-refractivity contribution in [3.8, 4) is 0 Å². The van der Waals surface area contributed by atoms with Gasteiger partial charge in [0.1, 0.15) is 0 Å². The van der Waals surface area contributed by atoms with E-state index in [1.807, 2.05) is 30.3 Å². The first-order valence-corrected chi connectivity index (χ1v) is 6.62. The molecule has 1 aliphatic heterocycles. The Balaban J connectivity index is 1.91. The van der Waals surface area contributed by atoms with E-state index in [9.17, 15) is 4.79 Å². The number of ketones is 1. The largest absolute Gasteiger partial charge is 0.298 e. The summed E-state index contributed by atoms with van der Waals surface area (Å²) in [6, 6.07) is 18.3. The third-order valence-electron chi connectivity index (χ3n) is 3.73. The zero-order valence-electron chi connectivity index (χ0n) is 11.0. The second-order valence-corrected chi connectivity index (χ2v) is 5.10. The Morgan fingerprint density at radius 3 is 2.00 bits per heavy atom. The van der Waals surface area contributed by atoms with Crippen molar-refractivity contribution in [2.24, 2.45) is 0 Å². The van der Waals surface area contributed by atoms with Crippen LogP contribution >= 0.6 is 0 Å². The minimum Gasteiger partial charge on any atom is -0.298 e. The van der Waals surface area contributed by atoms with E-state index in [0.717, 1.165) is 18.7 Å². The minimum absolute atomic E-state index is 0.131. The third kappa shape index (κ3) is 2.32. The SMILES string of the molecule is CC(=O)[C@H](c1ccccc1)N1Cc2ccccc2C1. The Bertz CT molecular complexity index is 566. The molecule has 0 amide bonds. The van der Waals surface area contributed by atoms with E-state index in [1.54, 1.807) is 6.92 Å². The number of nitrogens with zero attached hydrogens (tertiary/aromatic N) is 1. The number of carbonyl (C=O) groups is 1. The van der Waals surface area contributed by atoms with Gasteiger partial charge in [0.15, 0.2) is 5.78 Å². The highest BCUT2D eigenvalue weighted by Gasteiger charge is 2.29. The van der Waals surface area contributed by atoms with Crippen molar-refractivity contribution >= 4 is 5.78 Å². The van der Waals surface area contributed by atoms with Gasteiger partial charge in [-0.1, -0.05) is 54.6 Å². The van der Waals surface area contributed by atoms with Crippen molar-refractivity contribution in [2.75, 3.05) is 0 Å². The molecule has 0 spiro atoms. The molecule has 0 aliphatic carbocycles. The number of Topliss-reactive ketones (excluding diaryl/α,β-unsaturated/α-hetero) is 1. The quantitative estimate of drug-likeness (QED) is 0.834. The number of hydrogen-bond donors (Lipinski definition) is 0. The van der Waals surface area contributed by atoms with Gasteiger partial charge in [-0.25, -0.2) is 0 Å². The van der Waals surface area contributed by atoms with Crippen molar-refractivity contribution in [1.29, 1.82) is 0 Å². The van der Waals surface area contributed by atoms with Gasteiger partial charge in [0.25, 0.3) is 0 Å². The molecule has 2 aromatic rings. The van der Waals surface area contributed by atoms with Crippen LogP contribution in [0.4, 0.5) is 0 Å². The summed E-state index contributed by atoms with van der Waals surface area (Å²) in [5.41, 5.74) is 3.76. The summed E-state index contributed by atoms with van der Waals surface area (Å²) in [5, 5.41) is 0. The number of benzene rings is 2. The maximum absolute atomic E-state index is 12.0. The topological polar surface area (TPSA) is 20.3 Å². The lowest BCUT2D eigenvalue weighted by Crippen LogP contribution is -2.28. The van der Waals surface area contributed by atoms with Crippen LogP contribution in [0.1, 0.15) is 29.7 Å². The van der Waals surface area contributed by atoms with Crippen molar-refractivity contribution in [3.63, 3.8) is 0 Å². The van der Waals surface area contributed by atoms with Gasteiger partial charge in [-0.15, -0.1) is 0 Å². The molecule has 0 aromatic heterocycles. The van der Waals surface area contributed by atoms with Crippen LogP contribution < -0.4 is 0 Å². The van der Waals surface area contributed by atoms with Gasteiger partial charge in [0.2, 0.25) is 0 Å². The van der Waals surface area contributed by atoms with Crippen LogP contribution in [-0.2, 0) is 17.9 Å². The van der Waals surface area contributed by atoms with E-state index in [1.165, 1.54) is 11.1 Å². The van der Waals surface area contributed by atoms with E-state index in [2.05, 4.69) is 29.2 Å². The van der Waals surface area contributed by atoms with Crippen LogP contribution in [0.2, 0.25) is 0 Å². The molecule has 0 saturated carbocycles. The van der Waals surface area contributed by atoms with Gasteiger partial charge in [0, 0.05) is 13.1 Å². The van der Waals surface area contributed by atoms with Gasteiger partial charge in [0.05, 0.1) is 6.04 Å². The predicted molar refractivity (Wildman–Crippen MR) is 75.6 cm³/mol. The Morgan fingerprint density at radius 1 is 0.947 bits per heavy atom. The van der Waals surface area contributed by atoms with Crippen molar-refractivity contribution in [3.05, 3.63) is 71.3 Å². The van der Waals surface area contributed by atoms with Crippen molar-refractivity contribution < 1.29 is 4.79 Å². The summed E-state index contributed by atoms with van der Waals surface area (Å²) in [6.07, 6.45) is 0. The molecule has 0 unspecified atom stereocenters. The molecule has 0 radical (unpaired) electrons. The fraction of sp³-hybridized carbons (Fsp3) is 0.235. The van der Waals surface area contributed by atoms with E-state index in [4.69, 9.17) is 0 Å². The van der Waals surface area contributed by atoms with Crippen LogP contribution in [-0.4, -0.2) is 10.7 Å². The fourth-order valence-electron chi connectivity index (χ4n) is 2.88. The molecule has 96 valence electrons. The molecule has 2 heteroatoms. The minimum atomic E-state index is -0.131. The lowest BCUT2D eigenvalue weighted by Gasteiger charge is -2.25. The molecule has 0 saturated heterocycles. The number of carbonyl (C=O) groups excluding carboxylic acids is 1. The van der Waals surface area contributed by atoms with E-state index >= 15 is 0 Å². The summed E-state index contributed by atoms with van der Waals surface area (Å²) >= 11 is 0. The third-order valence-corrected chi connectivity index (χ3v) is 3.73. The first kappa shape index (κ1) is 12.1. The summed E-state index contributed by atoms with van der Waals surface area (Å²) < 4.78 is 0. The maximum Gasteiger partial charge on any atom is 0.151 e. The van der Waals surface area contributed by atoms with Gasteiger partial charge in [-0.3, -0.25) is 9.69 Å². The van der Waals surface area contributed by atoms with Crippen molar-refractivity contribution in [2.45, 2.75) is 26.1 Å². The number of hydrogen-bond acceptors (Lipinski definition) is 2. The molecule has 0 N–H and O–H groups in total. The first-order chi connectivity index (χ1) is 9.25. The molecule has 1 atom stereocenters. The number of fused-ring (bicyclic) bond motifs is 1. The monoisotopic (exact) mass is 251 g/mol. The molecular formula is C17H17NO. The lowest BCUT2D eigenvalue weighted by atomic mass is 10.0. The second-order valence-electron chi connectivity index (χ2n) is 5.10. The zero-order chi connectivity index (χ0) is 13.2. The van der Waals surface area contributed by atoms with Crippen LogP contribution in [0, 0.1) is 0 Å². The summed E-state index contributed by atoms with van der Waals surface area (Å²) in [4.78, 5) is 14.3. The van der Waals surface area contributed by atoms with E-state index in [-0.39, 0.29) is 11.8 Å². The normalized spacial score (nSPS) is 16.1. The first-order valence-electron chi connectivity index (χ1n) is 6.62. The van der Waals surface area contributed by atoms with Gasteiger partial charge < -0.3 is 0 Å². The highest BCUT2D eigenvalue weighted by molar-refractivity contribution is 5.83. The lowest BCUT2D eigenvalue weighted by molar-refractivity contribution is -0.122. The Morgan fingerprint density at radius 2 is 1.47 bits per heavy atom. The van der Waals surface area contributed by atoms with E-state index < -0.39 is 0 Å². The molecule has 19 heavy (non-hydrogen) atoms. The Hall–Kier alpha value is -1.93. The molecular weight excluding hydrogens is 234 g/mol. The standard InChI is InChI=1S/C17H17NO/c1-13(19)17(14-7-3-2-4-8-14)18-11-15-9-5-6-10-16(15)12-18/h2-10,17H,11-12H2,1H3/t17-/m1/s1. The average Bonchev–Trinajstić information content (AvgIpc) is 2.82. The predicted octanol–water partition coefficient (Wildman–Crippen LogP) is 3.33. The average molecular weight is 251 g/mol. The smallest absolute Gasteiger partial charge is 0.151 e. The Kier molecular flexibility index (Phi) is 3.18. The summed E-state index contributed by atoms with van der Waals surface area (Å²) in [7, 11) is 0. The molecule has 3 rings (SSSR count). The molecule has 0 fully saturated rings. The number of rotatable bonds is 3. The van der Waals surface area contributed by atoms with Gasteiger partial charge in [-0.05, 0) is 23.6 Å². The van der Waals surface area contributed by atoms with Crippen LogP contribution in [0.5, 0.6) is 0 Å². The van der Waals surface area contributed by atoms with E-state index in [0.29, 0.717) is 0 Å². The highest BCUT2D eigenvalue weighted by atomic mass is 16.1. The van der Waals surface area contributed by atoms with Crippen LogP contribution in [0.3, 0.4) is 0 Å². The highest BCUT2D eigenvalue weighted by Crippen LogP contribution is 2.31. The molecule has 1 aliphatic rings. The van der Waals surface area contributed by atoms with Gasteiger partial charge in [-0.2, -0.15) is 0 Å².